The Morgan fingerprint density at radius 2 is 2.00 bits per heavy atom. The molecule has 3 rings (SSSR count). The van der Waals surface area contributed by atoms with Crippen molar-refractivity contribution in [3.8, 4) is 17.1 Å². The maximum atomic E-state index is 11.1. The van der Waals surface area contributed by atoms with E-state index in [2.05, 4.69) is 4.98 Å². The van der Waals surface area contributed by atoms with Crippen molar-refractivity contribution in [2.24, 2.45) is 0 Å². The van der Waals surface area contributed by atoms with Crippen LogP contribution in [0.2, 0.25) is 0 Å². The zero-order valence-corrected chi connectivity index (χ0v) is 10.3. The predicted octanol–water partition coefficient (Wildman–Crippen LogP) is 3.32. The zero-order valence-electron chi connectivity index (χ0n) is 10.3. The van der Waals surface area contributed by atoms with Gasteiger partial charge >= 0.3 is 0 Å². The summed E-state index contributed by atoms with van der Waals surface area (Å²) in [5, 5.41) is 0.751. The van der Waals surface area contributed by atoms with E-state index in [1.807, 2.05) is 18.2 Å². The highest BCUT2D eigenvalue weighted by atomic mass is 16.5. The van der Waals surface area contributed by atoms with E-state index in [4.69, 9.17) is 9.15 Å². The van der Waals surface area contributed by atoms with Crippen molar-refractivity contribution >= 4 is 17.3 Å². The molecule has 0 aliphatic rings. The van der Waals surface area contributed by atoms with E-state index in [1.165, 1.54) is 0 Å². The van der Waals surface area contributed by atoms with Crippen LogP contribution in [0.5, 0.6) is 5.75 Å². The van der Waals surface area contributed by atoms with Crippen molar-refractivity contribution in [2.75, 3.05) is 7.11 Å². The Kier molecular flexibility index (Phi) is 2.76. The summed E-state index contributed by atoms with van der Waals surface area (Å²) in [4.78, 5) is 15.0. The fraction of sp³-hybridized carbons (Fsp3) is 0.0667. The van der Waals surface area contributed by atoms with E-state index in [-0.39, 0.29) is 0 Å². The second-order valence-corrected chi connectivity index (χ2v) is 4.06. The summed E-state index contributed by atoms with van der Waals surface area (Å²) in [6.45, 7) is 0. The van der Waals surface area contributed by atoms with Crippen LogP contribution in [0.15, 0.2) is 47.1 Å². The molecular weight excluding hydrogens is 242 g/mol. The maximum absolute atomic E-state index is 11.1. The highest BCUT2D eigenvalue weighted by molar-refractivity contribution is 6.00. The van der Waals surface area contributed by atoms with E-state index in [0.717, 1.165) is 17.2 Å². The molecule has 0 unspecified atom stereocenters. The first-order valence-corrected chi connectivity index (χ1v) is 5.79. The lowest BCUT2D eigenvalue weighted by Gasteiger charge is -2.01. The van der Waals surface area contributed by atoms with Gasteiger partial charge in [0.05, 0.1) is 7.11 Å². The number of furan rings is 1. The van der Waals surface area contributed by atoms with Crippen LogP contribution < -0.4 is 4.74 Å². The SMILES string of the molecule is COc1ccc(C=O)c2cc(-c3ccncc3)oc12. The molecule has 0 bridgehead atoms. The molecule has 3 aromatic rings. The first kappa shape index (κ1) is 11.5. The molecule has 0 aliphatic heterocycles. The molecule has 0 atom stereocenters. The van der Waals surface area contributed by atoms with Crippen LogP contribution in [0.1, 0.15) is 10.4 Å². The van der Waals surface area contributed by atoms with Gasteiger partial charge in [0.25, 0.3) is 0 Å². The minimum absolute atomic E-state index is 0.582. The lowest BCUT2D eigenvalue weighted by molar-refractivity contribution is 0.112. The van der Waals surface area contributed by atoms with E-state index in [1.54, 1.807) is 31.6 Å². The number of carbonyl (C=O) groups excluding carboxylic acids is 1. The van der Waals surface area contributed by atoms with Crippen molar-refractivity contribution in [3.63, 3.8) is 0 Å². The van der Waals surface area contributed by atoms with Crippen molar-refractivity contribution < 1.29 is 13.9 Å². The van der Waals surface area contributed by atoms with Crippen LogP contribution in [0, 0.1) is 0 Å². The van der Waals surface area contributed by atoms with Crippen molar-refractivity contribution in [1.29, 1.82) is 0 Å². The summed E-state index contributed by atoms with van der Waals surface area (Å²) in [6.07, 6.45) is 4.20. The smallest absolute Gasteiger partial charge is 0.177 e. The van der Waals surface area contributed by atoms with Gasteiger partial charge in [-0.2, -0.15) is 0 Å². The fourth-order valence-corrected chi connectivity index (χ4v) is 2.04. The third-order valence-corrected chi connectivity index (χ3v) is 2.99. The van der Waals surface area contributed by atoms with Crippen LogP contribution in [0.25, 0.3) is 22.3 Å². The summed E-state index contributed by atoms with van der Waals surface area (Å²) in [5.41, 5.74) is 2.07. The Morgan fingerprint density at radius 3 is 2.68 bits per heavy atom. The molecule has 0 fully saturated rings. The quantitative estimate of drug-likeness (QED) is 0.672. The summed E-state index contributed by atoms with van der Waals surface area (Å²) < 4.78 is 11.1. The Bertz CT molecular complexity index is 732. The van der Waals surface area contributed by atoms with Crippen LogP contribution in [-0.4, -0.2) is 18.4 Å². The van der Waals surface area contributed by atoms with Crippen LogP contribution in [0.4, 0.5) is 0 Å². The number of aromatic nitrogens is 1. The highest BCUT2D eigenvalue weighted by Gasteiger charge is 2.13. The highest BCUT2D eigenvalue weighted by Crippen LogP contribution is 2.34. The molecule has 0 N–H and O–H groups in total. The number of fused-ring (bicyclic) bond motifs is 1. The van der Waals surface area contributed by atoms with Gasteiger partial charge in [0, 0.05) is 28.9 Å². The molecule has 94 valence electrons. The molecule has 19 heavy (non-hydrogen) atoms. The summed E-state index contributed by atoms with van der Waals surface area (Å²) >= 11 is 0. The van der Waals surface area contributed by atoms with Gasteiger partial charge in [-0.05, 0) is 30.3 Å². The monoisotopic (exact) mass is 253 g/mol. The van der Waals surface area contributed by atoms with Gasteiger partial charge in [0.1, 0.15) is 5.76 Å². The zero-order chi connectivity index (χ0) is 13.2. The van der Waals surface area contributed by atoms with Gasteiger partial charge in [0.15, 0.2) is 17.6 Å². The Morgan fingerprint density at radius 1 is 1.21 bits per heavy atom. The van der Waals surface area contributed by atoms with Crippen molar-refractivity contribution in [1.82, 2.24) is 4.98 Å². The molecule has 4 nitrogen and oxygen atoms in total. The van der Waals surface area contributed by atoms with Crippen LogP contribution >= 0.6 is 0 Å². The lowest BCUT2D eigenvalue weighted by atomic mass is 10.1. The molecule has 2 heterocycles. The van der Waals surface area contributed by atoms with Crippen molar-refractivity contribution in [2.45, 2.75) is 0 Å². The molecule has 1 aromatic carbocycles. The first-order valence-electron chi connectivity index (χ1n) is 5.79. The summed E-state index contributed by atoms with van der Waals surface area (Å²) in [6, 6.07) is 9.00. The summed E-state index contributed by atoms with van der Waals surface area (Å²) in [5.74, 6) is 1.30. The van der Waals surface area contributed by atoms with Gasteiger partial charge in [0.2, 0.25) is 0 Å². The Hall–Kier alpha value is -2.62. The van der Waals surface area contributed by atoms with Gasteiger partial charge in [-0.1, -0.05) is 0 Å². The predicted molar refractivity (Wildman–Crippen MR) is 71.4 cm³/mol. The molecule has 2 aromatic heterocycles. The summed E-state index contributed by atoms with van der Waals surface area (Å²) in [7, 11) is 1.57. The standard InChI is InChI=1S/C15H11NO3/c1-18-13-3-2-11(9-17)12-8-14(19-15(12)13)10-4-6-16-7-5-10/h2-9H,1H3. The molecule has 0 spiro atoms. The normalized spacial score (nSPS) is 10.6. The minimum Gasteiger partial charge on any atom is -0.493 e. The number of rotatable bonds is 3. The lowest BCUT2D eigenvalue weighted by Crippen LogP contribution is -1.86. The fourth-order valence-electron chi connectivity index (χ4n) is 2.04. The molecule has 4 heteroatoms. The number of carbonyl (C=O) groups is 1. The average Bonchev–Trinajstić information content (AvgIpc) is 2.92. The number of hydrogen-bond donors (Lipinski definition) is 0. The van der Waals surface area contributed by atoms with Crippen LogP contribution in [0.3, 0.4) is 0 Å². The molecule has 0 saturated carbocycles. The largest absolute Gasteiger partial charge is 0.493 e. The molecule has 0 saturated heterocycles. The molecule has 0 aliphatic carbocycles. The minimum atomic E-state index is 0.582. The first-order chi connectivity index (χ1) is 9.33. The number of ether oxygens (including phenoxy) is 1. The Balaban J connectivity index is 2.27. The van der Waals surface area contributed by atoms with Crippen molar-refractivity contribution in [3.05, 3.63) is 48.3 Å². The molecular formula is C15H11NO3. The third-order valence-electron chi connectivity index (χ3n) is 2.99. The van der Waals surface area contributed by atoms with E-state index in [9.17, 15) is 4.79 Å². The maximum Gasteiger partial charge on any atom is 0.177 e. The van der Waals surface area contributed by atoms with E-state index in [0.29, 0.717) is 22.7 Å². The second kappa shape index (κ2) is 4.57. The number of nitrogens with zero attached hydrogens (tertiary/aromatic N) is 1. The molecule has 0 amide bonds. The van der Waals surface area contributed by atoms with E-state index < -0.39 is 0 Å². The topological polar surface area (TPSA) is 52.3 Å². The number of pyridine rings is 1. The number of hydrogen-bond acceptors (Lipinski definition) is 4. The molecule has 0 radical (unpaired) electrons. The van der Waals surface area contributed by atoms with Gasteiger partial charge in [-0.3, -0.25) is 9.78 Å². The Labute approximate surface area is 109 Å². The number of methoxy groups -OCH3 is 1. The number of aldehydes is 1. The number of benzene rings is 1. The van der Waals surface area contributed by atoms with Gasteiger partial charge < -0.3 is 9.15 Å². The second-order valence-electron chi connectivity index (χ2n) is 4.06. The van der Waals surface area contributed by atoms with E-state index >= 15 is 0 Å². The van der Waals surface area contributed by atoms with Gasteiger partial charge in [-0.25, -0.2) is 0 Å². The van der Waals surface area contributed by atoms with Crippen LogP contribution in [-0.2, 0) is 0 Å². The third kappa shape index (κ3) is 1.87. The van der Waals surface area contributed by atoms with Gasteiger partial charge in [-0.15, -0.1) is 0 Å². The average molecular weight is 253 g/mol.